The van der Waals surface area contributed by atoms with Crippen LogP contribution in [0.4, 0.5) is 21.0 Å². The monoisotopic (exact) mass is 646 g/mol. The quantitative estimate of drug-likeness (QED) is 0.190. The number of urea groups is 1. The summed E-state index contributed by atoms with van der Waals surface area (Å²) in [5, 5.41) is 3.44. The first-order valence-electron chi connectivity index (χ1n) is 14.6. The molecule has 0 saturated carbocycles. The van der Waals surface area contributed by atoms with Crippen LogP contribution in [0.5, 0.6) is 0 Å². The molecular weight excluding hydrogens is 611 g/mol. The Balaban J connectivity index is 1.41. The minimum Gasteiger partial charge on any atom is -0.768 e. The van der Waals surface area contributed by atoms with Crippen LogP contribution in [0, 0.1) is 0 Å². The van der Waals surface area contributed by atoms with Crippen molar-refractivity contribution in [1.29, 1.82) is 0 Å². The van der Waals surface area contributed by atoms with Crippen molar-refractivity contribution in [3.8, 4) is 21.0 Å². The van der Waals surface area contributed by atoms with Gasteiger partial charge in [-0.25, -0.2) is 14.6 Å². The molecule has 45 heavy (non-hydrogen) atoms. The van der Waals surface area contributed by atoms with E-state index in [-0.39, 0.29) is 17.0 Å². The molecule has 3 amide bonds. The van der Waals surface area contributed by atoms with E-state index in [9.17, 15) is 18.4 Å². The molecule has 3 aromatic carbocycles. The molecule has 236 valence electrons. The maximum atomic E-state index is 13.2. The van der Waals surface area contributed by atoms with Crippen LogP contribution in [-0.2, 0) is 28.8 Å². The molecule has 3 N–H and O–H groups in total. The number of nitrogens with one attached hydrogen (secondary N) is 1. The van der Waals surface area contributed by atoms with Crippen molar-refractivity contribution in [1.82, 2.24) is 9.88 Å². The lowest BCUT2D eigenvalue weighted by atomic mass is 9.92. The zero-order chi connectivity index (χ0) is 32.3. The van der Waals surface area contributed by atoms with Crippen LogP contribution >= 0.6 is 11.3 Å². The highest BCUT2D eigenvalue weighted by molar-refractivity contribution is 7.79. The molecule has 0 bridgehead atoms. The summed E-state index contributed by atoms with van der Waals surface area (Å²) in [5.41, 5.74) is 10.2. The zero-order valence-electron chi connectivity index (χ0n) is 25.6. The summed E-state index contributed by atoms with van der Waals surface area (Å²) < 4.78 is 30.1. The van der Waals surface area contributed by atoms with Crippen LogP contribution < -0.4 is 16.0 Å². The molecule has 0 radical (unpaired) electrons. The summed E-state index contributed by atoms with van der Waals surface area (Å²) >= 11 is -1.21. The van der Waals surface area contributed by atoms with Gasteiger partial charge in [0, 0.05) is 58.8 Å². The van der Waals surface area contributed by atoms with E-state index in [0.717, 1.165) is 16.7 Å². The molecule has 12 heteroatoms. The van der Waals surface area contributed by atoms with Crippen molar-refractivity contribution in [2.75, 3.05) is 23.3 Å². The summed E-state index contributed by atoms with van der Waals surface area (Å²) in [7, 11) is 0. The molecule has 2 heterocycles. The summed E-state index contributed by atoms with van der Waals surface area (Å²) in [6.07, 6.45) is 1.35. The highest BCUT2D eigenvalue weighted by Gasteiger charge is 2.30. The van der Waals surface area contributed by atoms with Gasteiger partial charge in [0.05, 0.1) is 11.0 Å². The summed E-state index contributed by atoms with van der Waals surface area (Å²) in [5.74, 6) is 0. The first-order chi connectivity index (χ1) is 21.4. The second-order valence-electron chi connectivity index (χ2n) is 11.9. The fourth-order valence-corrected chi connectivity index (χ4v) is 6.85. The van der Waals surface area contributed by atoms with Gasteiger partial charge in [0.25, 0.3) is 0 Å². The molecule has 0 spiro atoms. The predicted octanol–water partition coefficient (Wildman–Crippen LogP) is 6.39. The Kier molecular flexibility index (Phi) is 9.68. The van der Waals surface area contributed by atoms with Gasteiger partial charge >= 0.3 is 12.1 Å². The van der Waals surface area contributed by atoms with Gasteiger partial charge in [-0.15, -0.1) is 11.3 Å². The van der Waals surface area contributed by atoms with Gasteiger partial charge in [-0.1, -0.05) is 36.4 Å². The number of hydrogen-bond donors (Lipinski definition) is 2. The molecule has 4 aromatic rings. The fourth-order valence-electron chi connectivity index (χ4n) is 5.19. The van der Waals surface area contributed by atoms with Gasteiger partial charge in [0.2, 0.25) is 0 Å². The first kappa shape index (κ1) is 32.3. The van der Waals surface area contributed by atoms with E-state index < -0.39 is 22.7 Å². The van der Waals surface area contributed by atoms with Crippen LogP contribution in [-0.4, -0.2) is 55.5 Å². The third-order valence-electron chi connectivity index (χ3n) is 7.11. The van der Waals surface area contributed by atoms with Crippen molar-refractivity contribution in [3.63, 3.8) is 0 Å². The molecule has 10 nitrogen and oxygen atoms in total. The number of aromatic nitrogens is 1. The standard InChI is InChI=1S/C33H37N5O5S2/c1-21(2)43-31(39)36-24-10-12-26(23(16-24)18-33(3,4)34)30-35-19-28(44-30)27-13-11-25(17-29(27)45(41)42)38-15-14-37(32(38)40)20-22-8-6-5-7-9-22/h5-13,16-17,19,21H,14-15,18,20,34H2,1-4H3,(H,36,39)(H,41,42)/p-1. The van der Waals surface area contributed by atoms with Crippen molar-refractivity contribution >= 4 is 45.9 Å². The van der Waals surface area contributed by atoms with E-state index in [4.69, 9.17) is 10.5 Å². The molecule has 1 aliphatic heterocycles. The van der Waals surface area contributed by atoms with E-state index in [0.29, 0.717) is 52.9 Å². The maximum absolute atomic E-state index is 13.2. The summed E-state index contributed by atoms with van der Waals surface area (Å²) in [6, 6.07) is 20.1. The average molecular weight is 647 g/mol. The average Bonchev–Trinajstić information content (AvgIpc) is 3.59. The third-order valence-corrected chi connectivity index (χ3v) is 8.87. The van der Waals surface area contributed by atoms with Crippen LogP contribution in [0.1, 0.15) is 38.8 Å². The van der Waals surface area contributed by atoms with E-state index in [1.807, 2.05) is 56.3 Å². The number of nitrogens with two attached hydrogens (primary N) is 1. The van der Waals surface area contributed by atoms with Gasteiger partial charge in [-0.3, -0.25) is 14.4 Å². The second-order valence-corrected chi connectivity index (χ2v) is 13.8. The highest BCUT2D eigenvalue weighted by Crippen LogP contribution is 2.39. The van der Waals surface area contributed by atoms with Crippen LogP contribution in [0.2, 0.25) is 0 Å². The molecule has 1 fully saturated rings. The molecular formula is C33H36N5O5S2-. The minimum absolute atomic E-state index is 0.0866. The van der Waals surface area contributed by atoms with E-state index in [1.54, 1.807) is 54.1 Å². The maximum Gasteiger partial charge on any atom is 0.411 e. The zero-order valence-corrected chi connectivity index (χ0v) is 27.2. The van der Waals surface area contributed by atoms with Gasteiger partial charge in [-0.2, -0.15) is 0 Å². The second kappa shape index (κ2) is 13.5. The molecule has 1 unspecified atom stereocenters. The molecule has 1 aliphatic rings. The first-order valence-corrected chi connectivity index (χ1v) is 16.5. The molecule has 5 rings (SSSR count). The van der Waals surface area contributed by atoms with Crippen molar-refractivity contribution in [3.05, 3.63) is 84.1 Å². The molecule has 1 saturated heterocycles. The van der Waals surface area contributed by atoms with Crippen LogP contribution in [0.15, 0.2) is 77.8 Å². The number of benzene rings is 3. The lowest BCUT2D eigenvalue weighted by Gasteiger charge is -2.21. The molecule has 1 aromatic heterocycles. The SMILES string of the molecule is CC(C)OC(=O)Nc1ccc(-c2ncc(-c3ccc(N4CCN(Cc5ccccc5)C4=O)cc3S(=O)[O-])s2)c(CC(C)(C)N)c1. The van der Waals surface area contributed by atoms with E-state index in [1.165, 1.54) is 11.3 Å². The number of nitrogens with zero attached hydrogens (tertiary/aromatic N) is 3. The van der Waals surface area contributed by atoms with Gasteiger partial charge in [0.15, 0.2) is 0 Å². The van der Waals surface area contributed by atoms with Gasteiger partial charge in [-0.05, 0) is 86.7 Å². The summed E-state index contributed by atoms with van der Waals surface area (Å²) in [6.45, 7) is 8.87. The van der Waals surface area contributed by atoms with Crippen LogP contribution in [0.3, 0.4) is 0 Å². The minimum atomic E-state index is -2.56. The predicted molar refractivity (Wildman–Crippen MR) is 177 cm³/mol. The number of anilines is 2. The topological polar surface area (TPSA) is 141 Å². The Bertz CT molecular complexity index is 1720. The van der Waals surface area contributed by atoms with Crippen molar-refractivity contribution in [2.45, 2.75) is 57.2 Å². The van der Waals surface area contributed by atoms with Gasteiger partial charge in [0.1, 0.15) is 5.01 Å². The Morgan fingerprint density at radius 1 is 1.11 bits per heavy atom. The number of carbonyl (C=O) groups excluding carboxylic acids is 2. The Morgan fingerprint density at radius 3 is 2.53 bits per heavy atom. The number of amides is 3. The number of thiazole rings is 1. The van der Waals surface area contributed by atoms with E-state index in [2.05, 4.69) is 10.3 Å². The fraction of sp³-hybridized carbons (Fsp3) is 0.303. The number of ether oxygens (including phenoxy) is 1. The highest BCUT2D eigenvalue weighted by atomic mass is 32.2. The Labute approximate surface area is 269 Å². The Morgan fingerprint density at radius 2 is 1.84 bits per heavy atom. The van der Waals surface area contributed by atoms with Gasteiger partial charge < -0.3 is 19.9 Å². The largest absolute Gasteiger partial charge is 0.768 e. The van der Waals surface area contributed by atoms with Crippen LogP contribution in [0.25, 0.3) is 21.0 Å². The van der Waals surface area contributed by atoms with E-state index >= 15 is 0 Å². The Hall–Kier alpha value is -4.10. The van der Waals surface area contributed by atoms with Crippen molar-refractivity contribution < 1.29 is 23.1 Å². The summed E-state index contributed by atoms with van der Waals surface area (Å²) in [4.78, 5) is 34.2. The smallest absolute Gasteiger partial charge is 0.411 e. The number of carbonyl (C=O) groups is 2. The number of rotatable bonds is 10. The lowest BCUT2D eigenvalue weighted by Crippen LogP contribution is -2.34. The third kappa shape index (κ3) is 7.95. The molecule has 0 aliphatic carbocycles. The normalized spacial score (nSPS) is 14.2. The lowest BCUT2D eigenvalue weighted by molar-refractivity contribution is 0.130. The number of hydrogen-bond acceptors (Lipinski definition) is 8. The molecule has 1 atom stereocenters. The van der Waals surface area contributed by atoms with Crippen molar-refractivity contribution in [2.24, 2.45) is 5.73 Å².